The molecule has 1 unspecified atom stereocenters. The van der Waals surface area contributed by atoms with Crippen LogP contribution in [-0.4, -0.2) is 34.4 Å². The van der Waals surface area contributed by atoms with Crippen LogP contribution < -0.4 is 0 Å². The van der Waals surface area contributed by atoms with Gasteiger partial charge in [-0.25, -0.2) is 13.1 Å². The Labute approximate surface area is 108 Å². The lowest BCUT2D eigenvalue weighted by atomic mass is 9.91. The van der Waals surface area contributed by atoms with Crippen molar-refractivity contribution in [3.63, 3.8) is 0 Å². The third kappa shape index (κ3) is 2.88. The van der Waals surface area contributed by atoms with E-state index in [-0.39, 0.29) is 5.75 Å². The Hall–Kier alpha value is -0.980. The lowest BCUT2D eigenvalue weighted by Gasteiger charge is -2.22. The van der Waals surface area contributed by atoms with Crippen LogP contribution in [0.25, 0.3) is 0 Å². The van der Waals surface area contributed by atoms with E-state index in [2.05, 4.69) is 15.5 Å². The minimum atomic E-state index is -3.17. The van der Waals surface area contributed by atoms with Crippen molar-refractivity contribution in [3.05, 3.63) is 5.82 Å². The third-order valence-corrected chi connectivity index (χ3v) is 5.97. The van der Waals surface area contributed by atoms with Crippen LogP contribution in [0, 0.1) is 5.92 Å². The molecule has 1 heterocycles. The topological polar surface area (TPSA) is 77.7 Å². The Morgan fingerprint density at radius 2 is 2.00 bits per heavy atom. The average molecular weight is 272 g/mol. The molecule has 2 rings (SSSR count). The van der Waals surface area contributed by atoms with Gasteiger partial charge in [-0.05, 0) is 36.1 Å². The summed E-state index contributed by atoms with van der Waals surface area (Å²) >= 11 is 0. The first-order valence-corrected chi connectivity index (χ1v) is 8.16. The zero-order valence-electron chi connectivity index (χ0n) is 10.9. The fraction of sp³-hybridized carbons (Fsp3) is 0.909. The molecule has 0 radical (unpaired) electrons. The van der Waals surface area contributed by atoms with Gasteiger partial charge in [-0.2, -0.15) is 0 Å². The minimum Gasteiger partial charge on any atom is -0.231 e. The predicted molar refractivity (Wildman–Crippen MR) is 67.6 cm³/mol. The van der Waals surface area contributed by atoms with Gasteiger partial charge < -0.3 is 0 Å². The summed E-state index contributed by atoms with van der Waals surface area (Å²) in [5.74, 6) is 0.999. The Balaban J connectivity index is 2.08. The van der Waals surface area contributed by atoms with Crippen LogP contribution in [0.2, 0.25) is 0 Å². The SMILES string of the molecule is CC(c1nnnn1C)S(=O)(=O)CC1CCCCC1. The Morgan fingerprint density at radius 3 is 2.56 bits per heavy atom. The molecular weight excluding hydrogens is 252 g/mol. The fourth-order valence-electron chi connectivity index (χ4n) is 2.57. The van der Waals surface area contributed by atoms with Crippen LogP contribution in [0.4, 0.5) is 0 Å². The van der Waals surface area contributed by atoms with Gasteiger partial charge >= 0.3 is 0 Å². The lowest BCUT2D eigenvalue weighted by molar-refractivity contribution is 0.384. The highest BCUT2D eigenvalue weighted by Crippen LogP contribution is 2.29. The molecule has 1 aromatic rings. The molecule has 0 N–H and O–H groups in total. The molecule has 0 aliphatic heterocycles. The number of sulfone groups is 1. The average Bonchev–Trinajstić information content (AvgIpc) is 2.75. The van der Waals surface area contributed by atoms with Crippen molar-refractivity contribution in [2.24, 2.45) is 13.0 Å². The maximum atomic E-state index is 12.3. The molecule has 0 amide bonds. The van der Waals surface area contributed by atoms with E-state index < -0.39 is 15.1 Å². The van der Waals surface area contributed by atoms with Crippen molar-refractivity contribution < 1.29 is 8.42 Å². The summed E-state index contributed by atoms with van der Waals surface area (Å²) in [6.07, 6.45) is 5.60. The molecule has 0 aromatic carbocycles. The van der Waals surface area contributed by atoms with Crippen LogP contribution in [-0.2, 0) is 16.9 Å². The summed E-state index contributed by atoms with van der Waals surface area (Å²) in [6, 6.07) is 0. The van der Waals surface area contributed by atoms with Gasteiger partial charge in [0, 0.05) is 7.05 Å². The normalized spacial score (nSPS) is 19.9. The van der Waals surface area contributed by atoms with E-state index in [9.17, 15) is 8.42 Å². The molecule has 18 heavy (non-hydrogen) atoms. The van der Waals surface area contributed by atoms with E-state index in [4.69, 9.17) is 0 Å². The number of hydrogen-bond acceptors (Lipinski definition) is 5. The third-order valence-electron chi connectivity index (χ3n) is 3.75. The minimum absolute atomic E-state index is 0.265. The van der Waals surface area contributed by atoms with Gasteiger partial charge in [-0.1, -0.05) is 19.3 Å². The van der Waals surface area contributed by atoms with E-state index in [1.54, 1.807) is 14.0 Å². The van der Waals surface area contributed by atoms with Gasteiger partial charge in [-0.15, -0.1) is 5.10 Å². The molecule has 0 saturated heterocycles. The summed E-state index contributed by atoms with van der Waals surface area (Å²) in [5, 5.41) is 10.4. The van der Waals surface area contributed by atoms with Crippen LogP contribution in [0.5, 0.6) is 0 Å². The number of hydrogen-bond donors (Lipinski definition) is 0. The summed E-state index contributed by atoms with van der Waals surface area (Å²) in [4.78, 5) is 0. The molecule has 1 aliphatic rings. The zero-order chi connectivity index (χ0) is 13.2. The zero-order valence-corrected chi connectivity index (χ0v) is 11.7. The Bertz CT molecular complexity index is 491. The van der Waals surface area contributed by atoms with Crippen molar-refractivity contribution in [3.8, 4) is 0 Å². The maximum Gasteiger partial charge on any atom is 0.168 e. The monoisotopic (exact) mass is 272 g/mol. The van der Waals surface area contributed by atoms with E-state index in [1.807, 2.05) is 0 Å². The number of nitrogens with zero attached hydrogens (tertiary/aromatic N) is 4. The molecule has 1 aliphatic carbocycles. The van der Waals surface area contributed by atoms with E-state index in [1.165, 1.54) is 11.1 Å². The van der Waals surface area contributed by atoms with Crippen LogP contribution >= 0.6 is 0 Å². The van der Waals surface area contributed by atoms with E-state index >= 15 is 0 Å². The molecule has 6 nitrogen and oxygen atoms in total. The molecule has 102 valence electrons. The second-order valence-corrected chi connectivity index (χ2v) is 7.50. The predicted octanol–water partition coefficient (Wildman–Crippen LogP) is 1.27. The van der Waals surface area contributed by atoms with Crippen molar-refractivity contribution in [2.45, 2.75) is 44.3 Å². The van der Waals surface area contributed by atoms with Crippen molar-refractivity contribution in [1.29, 1.82) is 0 Å². The highest BCUT2D eigenvalue weighted by Gasteiger charge is 2.30. The van der Waals surface area contributed by atoms with E-state index in [0.29, 0.717) is 11.7 Å². The molecule has 1 saturated carbocycles. The first kappa shape index (κ1) is 13.5. The number of aryl methyl sites for hydroxylation is 1. The van der Waals surface area contributed by atoms with E-state index in [0.717, 1.165) is 25.7 Å². The second-order valence-electron chi connectivity index (χ2n) is 5.14. The molecular formula is C11H20N4O2S. The molecule has 0 spiro atoms. The van der Waals surface area contributed by atoms with Gasteiger partial charge in [-0.3, -0.25) is 0 Å². The Morgan fingerprint density at radius 1 is 1.33 bits per heavy atom. The summed E-state index contributed by atoms with van der Waals surface area (Å²) < 4.78 is 26.1. The van der Waals surface area contributed by atoms with Crippen LogP contribution in [0.1, 0.15) is 50.1 Å². The number of rotatable bonds is 4. The van der Waals surface area contributed by atoms with Gasteiger partial charge in [0.2, 0.25) is 0 Å². The Kier molecular flexibility index (Phi) is 3.99. The molecule has 1 fully saturated rings. The summed E-state index contributed by atoms with van der Waals surface area (Å²) in [7, 11) is -1.50. The first-order chi connectivity index (χ1) is 8.50. The maximum absolute atomic E-state index is 12.3. The quantitative estimate of drug-likeness (QED) is 0.824. The van der Waals surface area contributed by atoms with Gasteiger partial charge in [0.25, 0.3) is 0 Å². The van der Waals surface area contributed by atoms with Gasteiger partial charge in [0.1, 0.15) is 5.25 Å². The van der Waals surface area contributed by atoms with Crippen LogP contribution in [0.3, 0.4) is 0 Å². The highest BCUT2D eigenvalue weighted by molar-refractivity contribution is 7.91. The number of aromatic nitrogens is 4. The largest absolute Gasteiger partial charge is 0.231 e. The summed E-state index contributed by atoms with van der Waals surface area (Å²) in [5.41, 5.74) is 0. The fourth-order valence-corrected chi connectivity index (χ4v) is 4.37. The lowest BCUT2D eigenvalue weighted by Crippen LogP contribution is -2.24. The second kappa shape index (κ2) is 5.34. The highest BCUT2D eigenvalue weighted by atomic mass is 32.2. The van der Waals surface area contributed by atoms with Crippen molar-refractivity contribution >= 4 is 9.84 Å². The molecule has 0 bridgehead atoms. The smallest absolute Gasteiger partial charge is 0.168 e. The van der Waals surface area contributed by atoms with Gasteiger partial charge in [0.05, 0.1) is 5.75 Å². The van der Waals surface area contributed by atoms with Gasteiger partial charge in [0.15, 0.2) is 15.7 Å². The standard InChI is InChI=1S/C11H20N4O2S/c1-9(11-12-13-14-15(11)2)18(16,17)8-10-6-4-3-5-7-10/h9-10H,3-8H2,1-2H3. The van der Waals surface area contributed by atoms with Crippen molar-refractivity contribution in [1.82, 2.24) is 20.2 Å². The molecule has 7 heteroatoms. The van der Waals surface area contributed by atoms with Crippen molar-refractivity contribution in [2.75, 3.05) is 5.75 Å². The number of tetrazole rings is 1. The molecule has 1 aromatic heterocycles. The summed E-state index contributed by atoms with van der Waals surface area (Å²) in [6.45, 7) is 1.67. The molecule has 1 atom stereocenters. The first-order valence-electron chi connectivity index (χ1n) is 6.44. The van der Waals surface area contributed by atoms with Crippen LogP contribution in [0.15, 0.2) is 0 Å².